The molecule has 0 atom stereocenters. The van der Waals surface area contributed by atoms with Crippen LogP contribution in [0.1, 0.15) is 0 Å². The van der Waals surface area contributed by atoms with Crippen LogP contribution in [0.15, 0.2) is 65.8 Å². The topological polar surface area (TPSA) is 34.1 Å². The summed E-state index contributed by atoms with van der Waals surface area (Å²) in [6.07, 6.45) is 0. The zero-order chi connectivity index (χ0) is 14.2. The molecule has 0 spiro atoms. The van der Waals surface area contributed by atoms with Gasteiger partial charge >= 0.3 is 0 Å². The first-order valence-electron chi connectivity index (χ1n) is 5.12. The molecule has 0 bridgehead atoms. The monoisotopic (exact) mass is 346 g/mol. The van der Waals surface area contributed by atoms with Gasteiger partial charge in [-0.25, -0.2) is 8.42 Å². The summed E-state index contributed by atoms with van der Waals surface area (Å²) in [7, 11) is -3.70. The first-order valence-corrected chi connectivity index (χ1v) is 8.40. The zero-order valence-electron chi connectivity index (χ0n) is 9.48. The van der Waals surface area contributed by atoms with E-state index in [1.54, 1.807) is 24.3 Å². The van der Waals surface area contributed by atoms with Gasteiger partial charge in [0.1, 0.15) is 0 Å². The molecule has 2 aromatic carbocycles. The summed E-state index contributed by atoms with van der Waals surface area (Å²) in [5.74, 6) is 0. The van der Waals surface area contributed by atoms with Crippen LogP contribution in [0.25, 0.3) is 0 Å². The lowest BCUT2D eigenvalue weighted by atomic mass is 10.3. The lowest BCUT2D eigenvalue weighted by Crippen LogP contribution is -2.05. The third kappa shape index (κ3) is 2.80. The fourth-order valence-electron chi connectivity index (χ4n) is 1.57. The van der Waals surface area contributed by atoms with Crippen molar-refractivity contribution in [3.63, 3.8) is 0 Å². The Labute approximate surface area is 134 Å². The lowest BCUT2D eigenvalue weighted by Gasteiger charge is -2.11. The molecule has 0 fully saturated rings. The predicted octanol–water partition coefficient (Wildman–Crippen LogP) is 3.67. The molecule has 2 rings (SSSR count). The van der Waals surface area contributed by atoms with E-state index >= 15 is 0 Å². The number of thiol groups is 4. The van der Waals surface area contributed by atoms with Crippen molar-refractivity contribution in [3.05, 3.63) is 36.4 Å². The smallest absolute Gasteiger partial charge is 0.208 e. The normalized spacial score (nSPS) is 11.6. The Morgan fingerprint density at radius 1 is 0.684 bits per heavy atom. The minimum Gasteiger partial charge on any atom is -0.218 e. The van der Waals surface area contributed by atoms with E-state index in [-0.39, 0.29) is 9.79 Å². The Hall–Kier alpha value is -0.210. The second-order valence-corrected chi connectivity index (χ2v) is 7.50. The summed E-state index contributed by atoms with van der Waals surface area (Å²) in [5.41, 5.74) is 0. The molecule has 0 amide bonds. The van der Waals surface area contributed by atoms with Gasteiger partial charge in [-0.15, -0.1) is 50.5 Å². The van der Waals surface area contributed by atoms with Crippen molar-refractivity contribution in [2.75, 3.05) is 0 Å². The fraction of sp³-hybridized carbons (Fsp3) is 0. The number of hydrogen-bond acceptors (Lipinski definition) is 6. The highest BCUT2D eigenvalue weighted by molar-refractivity contribution is 7.93. The van der Waals surface area contributed by atoms with Crippen molar-refractivity contribution >= 4 is 60.4 Å². The second kappa shape index (κ2) is 5.65. The second-order valence-electron chi connectivity index (χ2n) is 3.75. The Morgan fingerprint density at radius 2 is 1.05 bits per heavy atom. The average molecular weight is 347 g/mol. The molecule has 19 heavy (non-hydrogen) atoms. The van der Waals surface area contributed by atoms with Crippen LogP contribution in [0, 0.1) is 0 Å². The summed E-state index contributed by atoms with van der Waals surface area (Å²) in [5, 5.41) is 0. The lowest BCUT2D eigenvalue weighted by molar-refractivity contribution is 0.591. The van der Waals surface area contributed by atoms with Crippen LogP contribution >= 0.6 is 50.5 Å². The highest BCUT2D eigenvalue weighted by Gasteiger charge is 2.24. The van der Waals surface area contributed by atoms with Crippen molar-refractivity contribution in [1.82, 2.24) is 0 Å². The fourth-order valence-corrected chi connectivity index (χ4v) is 4.64. The molecule has 0 saturated carbocycles. The van der Waals surface area contributed by atoms with Crippen LogP contribution in [0.5, 0.6) is 0 Å². The highest BCUT2D eigenvalue weighted by atomic mass is 32.2. The molecule has 0 radical (unpaired) electrons. The minimum absolute atomic E-state index is 0.109. The van der Waals surface area contributed by atoms with Gasteiger partial charge in [-0.05, 0) is 24.3 Å². The third-order valence-corrected chi connectivity index (χ3v) is 6.74. The number of rotatable bonds is 2. The van der Waals surface area contributed by atoms with Crippen molar-refractivity contribution < 1.29 is 8.42 Å². The zero-order valence-corrected chi connectivity index (χ0v) is 13.9. The van der Waals surface area contributed by atoms with E-state index in [1.165, 1.54) is 12.1 Å². The van der Waals surface area contributed by atoms with Crippen molar-refractivity contribution in [2.45, 2.75) is 29.4 Å². The minimum atomic E-state index is -3.70. The molecule has 7 heteroatoms. The first kappa shape index (κ1) is 15.2. The molecule has 0 unspecified atom stereocenters. The maximum Gasteiger partial charge on any atom is 0.208 e. The van der Waals surface area contributed by atoms with Gasteiger partial charge in [-0.1, -0.05) is 12.1 Å². The van der Waals surface area contributed by atoms with Gasteiger partial charge in [0, 0.05) is 19.6 Å². The molecular formula is C12H10O2S5. The average Bonchev–Trinajstić information content (AvgIpc) is 2.35. The van der Waals surface area contributed by atoms with E-state index in [0.717, 1.165) is 0 Å². The molecule has 0 aromatic heterocycles. The SMILES string of the molecule is O=S(=O)(c1cccc(S)c1S)c1cccc(S)c1S. The molecule has 0 aliphatic heterocycles. The first-order chi connectivity index (χ1) is 8.85. The van der Waals surface area contributed by atoms with Crippen LogP contribution in [0.3, 0.4) is 0 Å². The Bertz CT molecular complexity index is 680. The van der Waals surface area contributed by atoms with Crippen LogP contribution in [-0.4, -0.2) is 8.42 Å². The largest absolute Gasteiger partial charge is 0.218 e. The third-order valence-electron chi connectivity index (χ3n) is 2.53. The summed E-state index contributed by atoms with van der Waals surface area (Å²) in [4.78, 5) is 1.88. The van der Waals surface area contributed by atoms with E-state index in [9.17, 15) is 8.42 Å². The van der Waals surface area contributed by atoms with Crippen molar-refractivity contribution in [3.8, 4) is 0 Å². The summed E-state index contributed by atoms with van der Waals surface area (Å²) in [6, 6.07) is 9.60. The highest BCUT2D eigenvalue weighted by Crippen LogP contribution is 2.34. The van der Waals surface area contributed by atoms with E-state index in [4.69, 9.17) is 0 Å². The van der Waals surface area contributed by atoms with E-state index in [2.05, 4.69) is 50.5 Å². The van der Waals surface area contributed by atoms with Gasteiger partial charge in [0.15, 0.2) is 0 Å². The molecule has 0 N–H and O–H groups in total. The molecule has 0 saturated heterocycles. The van der Waals surface area contributed by atoms with E-state index < -0.39 is 9.84 Å². The van der Waals surface area contributed by atoms with E-state index in [1.807, 2.05) is 0 Å². The maximum absolute atomic E-state index is 12.6. The van der Waals surface area contributed by atoms with E-state index in [0.29, 0.717) is 19.6 Å². The molecule has 100 valence electrons. The predicted molar refractivity (Wildman–Crippen MR) is 87.3 cm³/mol. The maximum atomic E-state index is 12.6. The Balaban J connectivity index is 2.73. The summed E-state index contributed by atoms with van der Waals surface area (Å²) < 4.78 is 25.2. The van der Waals surface area contributed by atoms with Crippen molar-refractivity contribution in [1.29, 1.82) is 0 Å². The van der Waals surface area contributed by atoms with Crippen LogP contribution in [0.4, 0.5) is 0 Å². The van der Waals surface area contributed by atoms with Gasteiger partial charge in [0.25, 0.3) is 0 Å². The number of benzene rings is 2. The van der Waals surface area contributed by atoms with Crippen molar-refractivity contribution in [2.24, 2.45) is 0 Å². The van der Waals surface area contributed by atoms with Crippen LogP contribution in [0.2, 0.25) is 0 Å². The van der Waals surface area contributed by atoms with Crippen LogP contribution in [-0.2, 0) is 9.84 Å². The standard InChI is InChI=1S/C12H10O2S5/c13-19(14,9-5-1-3-7(15)11(9)17)10-6-2-4-8(16)12(10)18/h1-6,15-18H. The molecular weight excluding hydrogens is 336 g/mol. The van der Waals surface area contributed by atoms with Gasteiger partial charge < -0.3 is 0 Å². The van der Waals surface area contributed by atoms with Gasteiger partial charge in [-0.3, -0.25) is 0 Å². The molecule has 2 aromatic rings. The summed E-state index contributed by atoms with van der Waals surface area (Å²) >= 11 is 16.8. The Kier molecular flexibility index (Phi) is 4.52. The Morgan fingerprint density at radius 3 is 1.42 bits per heavy atom. The number of hydrogen-bond donors (Lipinski definition) is 4. The van der Waals surface area contributed by atoms with Crippen LogP contribution < -0.4 is 0 Å². The molecule has 0 heterocycles. The number of sulfone groups is 1. The van der Waals surface area contributed by atoms with Gasteiger partial charge in [-0.2, -0.15) is 0 Å². The molecule has 2 nitrogen and oxygen atoms in total. The quantitative estimate of drug-likeness (QED) is 0.626. The molecule has 0 aliphatic carbocycles. The van der Waals surface area contributed by atoms with Gasteiger partial charge in [0.05, 0.1) is 9.79 Å². The molecule has 0 aliphatic rings. The summed E-state index contributed by atoms with van der Waals surface area (Å²) in [6.45, 7) is 0. The van der Waals surface area contributed by atoms with Gasteiger partial charge in [0.2, 0.25) is 9.84 Å².